The molecule has 22 heavy (non-hydrogen) atoms. The highest BCUT2D eigenvalue weighted by Gasteiger charge is 2.12. The van der Waals surface area contributed by atoms with Crippen molar-refractivity contribution >= 4 is 0 Å². The molecule has 3 N–H and O–H groups in total. The van der Waals surface area contributed by atoms with Crippen molar-refractivity contribution in [2.75, 3.05) is 13.2 Å². The summed E-state index contributed by atoms with van der Waals surface area (Å²) in [6.45, 7) is 5.19. The van der Waals surface area contributed by atoms with E-state index in [4.69, 9.17) is 10.5 Å². The molecular weight excluding hydrogens is 274 g/mol. The predicted molar refractivity (Wildman–Crippen MR) is 90.6 cm³/mol. The van der Waals surface area contributed by atoms with Gasteiger partial charge in [0.1, 0.15) is 0 Å². The predicted octanol–water partition coefficient (Wildman–Crippen LogP) is 3.64. The first-order chi connectivity index (χ1) is 10.7. The van der Waals surface area contributed by atoms with Gasteiger partial charge in [0.2, 0.25) is 0 Å². The van der Waals surface area contributed by atoms with Crippen LogP contribution in [0.2, 0.25) is 0 Å². The van der Waals surface area contributed by atoms with Crippen LogP contribution in [0, 0.1) is 0 Å². The van der Waals surface area contributed by atoms with Gasteiger partial charge >= 0.3 is 0 Å². The number of aromatic hydroxyl groups is 1. The second kappa shape index (κ2) is 7.85. The first-order valence-electron chi connectivity index (χ1n) is 7.91. The van der Waals surface area contributed by atoms with Gasteiger partial charge in [-0.15, -0.1) is 0 Å². The monoisotopic (exact) mass is 299 g/mol. The van der Waals surface area contributed by atoms with E-state index in [0.29, 0.717) is 18.9 Å². The van der Waals surface area contributed by atoms with Crippen LogP contribution in [-0.2, 0) is 12.8 Å². The quantitative estimate of drug-likeness (QED) is 0.820. The number of benzene rings is 2. The van der Waals surface area contributed by atoms with Gasteiger partial charge in [0.05, 0.1) is 6.61 Å². The van der Waals surface area contributed by atoms with Crippen molar-refractivity contribution in [2.45, 2.75) is 32.6 Å². The van der Waals surface area contributed by atoms with E-state index >= 15 is 0 Å². The second-order valence-corrected chi connectivity index (χ2v) is 5.47. The topological polar surface area (TPSA) is 55.5 Å². The summed E-state index contributed by atoms with van der Waals surface area (Å²) in [5, 5.41) is 9.78. The van der Waals surface area contributed by atoms with Gasteiger partial charge in [0.15, 0.2) is 11.5 Å². The van der Waals surface area contributed by atoms with E-state index in [1.807, 2.05) is 19.1 Å². The van der Waals surface area contributed by atoms with E-state index in [2.05, 4.69) is 31.2 Å². The van der Waals surface area contributed by atoms with Gasteiger partial charge in [0, 0.05) is 5.92 Å². The zero-order chi connectivity index (χ0) is 15.9. The Morgan fingerprint density at radius 2 is 1.73 bits per heavy atom. The minimum absolute atomic E-state index is 0.183. The average molecular weight is 299 g/mol. The van der Waals surface area contributed by atoms with Crippen LogP contribution in [0.15, 0.2) is 42.5 Å². The number of aryl methyl sites for hydroxylation is 1. The molecule has 2 aromatic carbocycles. The third-order valence-electron chi connectivity index (χ3n) is 3.95. The molecule has 0 radical (unpaired) electrons. The Labute approximate surface area is 132 Å². The van der Waals surface area contributed by atoms with Crippen LogP contribution >= 0.6 is 0 Å². The molecule has 3 heteroatoms. The van der Waals surface area contributed by atoms with E-state index < -0.39 is 0 Å². The Balaban J connectivity index is 2.16. The van der Waals surface area contributed by atoms with Gasteiger partial charge in [-0.05, 0) is 55.1 Å². The Kier molecular flexibility index (Phi) is 5.84. The van der Waals surface area contributed by atoms with E-state index in [-0.39, 0.29) is 11.7 Å². The Morgan fingerprint density at radius 1 is 1.05 bits per heavy atom. The van der Waals surface area contributed by atoms with Gasteiger partial charge in [-0.25, -0.2) is 0 Å². The average Bonchev–Trinajstić information content (AvgIpc) is 2.56. The number of ether oxygens (including phenoxy) is 1. The first-order valence-corrected chi connectivity index (χ1v) is 7.91. The van der Waals surface area contributed by atoms with Crippen LogP contribution in [0.5, 0.6) is 11.5 Å². The molecule has 2 aromatic rings. The molecule has 0 aliphatic rings. The zero-order valence-corrected chi connectivity index (χ0v) is 13.4. The molecule has 0 amide bonds. The largest absolute Gasteiger partial charge is 0.504 e. The molecule has 0 heterocycles. The molecule has 118 valence electrons. The smallest absolute Gasteiger partial charge is 0.161 e. The summed E-state index contributed by atoms with van der Waals surface area (Å²) in [4.78, 5) is 0. The number of hydrogen-bond donors (Lipinski definition) is 2. The van der Waals surface area contributed by atoms with Gasteiger partial charge in [-0.3, -0.25) is 0 Å². The highest BCUT2D eigenvalue weighted by molar-refractivity contribution is 5.42. The highest BCUT2D eigenvalue weighted by atomic mass is 16.5. The molecule has 1 unspecified atom stereocenters. The lowest BCUT2D eigenvalue weighted by atomic mass is 9.91. The standard InChI is InChI=1S/C19H25NO2/c1-3-14-5-8-16(9-6-14)17(13-20)11-15-7-10-18(21)19(12-15)22-4-2/h5-10,12,17,21H,3-4,11,13,20H2,1-2H3. The van der Waals surface area contributed by atoms with Crippen LogP contribution < -0.4 is 10.5 Å². The lowest BCUT2D eigenvalue weighted by Gasteiger charge is -2.17. The molecule has 3 nitrogen and oxygen atoms in total. The van der Waals surface area contributed by atoms with Crippen LogP contribution in [0.25, 0.3) is 0 Å². The summed E-state index contributed by atoms with van der Waals surface area (Å²) in [7, 11) is 0. The van der Waals surface area contributed by atoms with Crippen molar-refractivity contribution in [3.8, 4) is 11.5 Å². The van der Waals surface area contributed by atoms with Crippen molar-refractivity contribution in [3.63, 3.8) is 0 Å². The van der Waals surface area contributed by atoms with Crippen molar-refractivity contribution < 1.29 is 9.84 Å². The molecule has 0 aliphatic carbocycles. The SMILES string of the molecule is CCOc1cc(CC(CN)c2ccc(CC)cc2)ccc1O. The maximum Gasteiger partial charge on any atom is 0.161 e. The van der Waals surface area contributed by atoms with Gasteiger partial charge in [-0.1, -0.05) is 37.3 Å². The number of hydrogen-bond acceptors (Lipinski definition) is 3. The Hall–Kier alpha value is -2.00. The van der Waals surface area contributed by atoms with Gasteiger partial charge in [-0.2, -0.15) is 0 Å². The summed E-state index contributed by atoms with van der Waals surface area (Å²) in [5.41, 5.74) is 9.68. The number of phenols is 1. The molecule has 0 spiro atoms. The van der Waals surface area contributed by atoms with Crippen LogP contribution in [-0.4, -0.2) is 18.3 Å². The normalized spacial score (nSPS) is 12.1. The van der Waals surface area contributed by atoms with E-state index in [1.165, 1.54) is 11.1 Å². The van der Waals surface area contributed by atoms with Crippen LogP contribution in [0.4, 0.5) is 0 Å². The summed E-state index contributed by atoms with van der Waals surface area (Å²) in [6.07, 6.45) is 1.88. The fourth-order valence-corrected chi connectivity index (χ4v) is 2.60. The van der Waals surface area contributed by atoms with Crippen molar-refractivity contribution in [1.82, 2.24) is 0 Å². The Morgan fingerprint density at radius 3 is 2.32 bits per heavy atom. The van der Waals surface area contributed by atoms with Gasteiger partial charge < -0.3 is 15.6 Å². The van der Waals surface area contributed by atoms with Crippen molar-refractivity contribution in [1.29, 1.82) is 0 Å². The number of nitrogens with two attached hydrogens (primary N) is 1. The summed E-state index contributed by atoms with van der Waals surface area (Å²) >= 11 is 0. The van der Waals surface area contributed by atoms with Crippen molar-refractivity contribution in [3.05, 3.63) is 59.2 Å². The van der Waals surface area contributed by atoms with Crippen LogP contribution in [0.3, 0.4) is 0 Å². The molecule has 0 saturated heterocycles. The summed E-state index contributed by atoms with van der Waals surface area (Å²) in [6, 6.07) is 14.2. The third-order valence-corrected chi connectivity index (χ3v) is 3.95. The van der Waals surface area contributed by atoms with Crippen molar-refractivity contribution in [2.24, 2.45) is 5.73 Å². The number of phenolic OH excluding ortho intramolecular Hbond substituents is 1. The lowest BCUT2D eigenvalue weighted by molar-refractivity contribution is 0.317. The molecule has 1 atom stereocenters. The maximum atomic E-state index is 9.78. The van der Waals surface area contributed by atoms with Crippen LogP contribution in [0.1, 0.15) is 36.5 Å². The fraction of sp³-hybridized carbons (Fsp3) is 0.368. The van der Waals surface area contributed by atoms with E-state index in [1.54, 1.807) is 6.07 Å². The highest BCUT2D eigenvalue weighted by Crippen LogP contribution is 2.29. The lowest BCUT2D eigenvalue weighted by Crippen LogP contribution is -2.15. The molecule has 2 rings (SSSR count). The maximum absolute atomic E-state index is 9.78. The molecular formula is C19H25NO2. The minimum atomic E-state index is 0.183. The van der Waals surface area contributed by atoms with E-state index in [0.717, 1.165) is 18.4 Å². The molecule has 0 aromatic heterocycles. The molecule has 0 saturated carbocycles. The third kappa shape index (κ3) is 4.01. The van der Waals surface area contributed by atoms with E-state index in [9.17, 15) is 5.11 Å². The minimum Gasteiger partial charge on any atom is -0.504 e. The number of rotatable bonds is 7. The second-order valence-electron chi connectivity index (χ2n) is 5.47. The summed E-state index contributed by atoms with van der Waals surface area (Å²) in [5.74, 6) is 0.990. The zero-order valence-electron chi connectivity index (χ0n) is 13.4. The van der Waals surface area contributed by atoms with Gasteiger partial charge in [0.25, 0.3) is 0 Å². The molecule has 0 fully saturated rings. The fourth-order valence-electron chi connectivity index (χ4n) is 2.60. The molecule has 0 bridgehead atoms. The first kappa shape index (κ1) is 16.4. The summed E-state index contributed by atoms with van der Waals surface area (Å²) < 4.78 is 5.45. The Bertz CT molecular complexity index is 593. The molecule has 0 aliphatic heterocycles.